The molecule has 0 aliphatic carbocycles. The lowest BCUT2D eigenvalue weighted by atomic mass is 10.1. The molecule has 0 saturated heterocycles. The van der Waals surface area contributed by atoms with E-state index >= 15 is 0 Å². The molecule has 2 heterocycles. The Kier molecular flexibility index (Phi) is 4.16. The van der Waals surface area contributed by atoms with Crippen LogP contribution in [0.5, 0.6) is 0 Å². The van der Waals surface area contributed by atoms with Crippen molar-refractivity contribution in [1.82, 2.24) is 19.1 Å². The standard InChI is InChI=1S/C16H20N6O2/c1-9-7-11-12(8-10(9)2)21(5-3-17)14-13(19-11)15(23)22(6-4-18)16(24)20-14/h7-8H,3-6,17-18H2,1-2H3/p+2. The van der Waals surface area contributed by atoms with Gasteiger partial charge in [0.2, 0.25) is 0 Å². The Morgan fingerprint density at radius 3 is 2.25 bits per heavy atom. The molecule has 3 rings (SSSR count). The highest BCUT2D eigenvalue weighted by Crippen LogP contribution is 2.23. The zero-order chi connectivity index (χ0) is 17.4. The van der Waals surface area contributed by atoms with Gasteiger partial charge >= 0.3 is 5.69 Å². The minimum atomic E-state index is -0.557. The number of aryl methyl sites for hydroxylation is 2. The van der Waals surface area contributed by atoms with Crippen molar-refractivity contribution in [3.8, 4) is 11.5 Å². The maximum absolute atomic E-state index is 12.7. The first-order valence-electron chi connectivity index (χ1n) is 7.98. The second kappa shape index (κ2) is 6.14. The Bertz CT molecular complexity index is 1000. The van der Waals surface area contributed by atoms with E-state index in [1.165, 1.54) is 0 Å². The van der Waals surface area contributed by atoms with Gasteiger partial charge in [0.15, 0.2) is 11.5 Å². The fourth-order valence-corrected chi connectivity index (χ4v) is 2.87. The molecule has 0 unspecified atom stereocenters. The van der Waals surface area contributed by atoms with Gasteiger partial charge in [-0.15, -0.1) is 0 Å². The van der Waals surface area contributed by atoms with Gasteiger partial charge < -0.3 is 16.0 Å². The van der Waals surface area contributed by atoms with Gasteiger partial charge in [-0.25, -0.2) is 9.78 Å². The van der Waals surface area contributed by atoms with E-state index in [1.54, 1.807) is 0 Å². The van der Waals surface area contributed by atoms with Crippen molar-refractivity contribution in [2.24, 2.45) is 0 Å². The number of hydrogen-bond acceptors (Lipinski definition) is 4. The number of hydrogen-bond donors (Lipinski definition) is 2. The largest absolute Gasteiger partial charge is 0.356 e. The van der Waals surface area contributed by atoms with Gasteiger partial charge in [0.1, 0.15) is 0 Å². The van der Waals surface area contributed by atoms with E-state index in [0.717, 1.165) is 26.7 Å². The van der Waals surface area contributed by atoms with E-state index in [1.807, 2.05) is 30.5 Å². The Hall–Kier alpha value is -2.58. The molecule has 1 aromatic rings. The molecule has 0 aromatic heterocycles. The molecule has 0 fully saturated rings. The number of aromatic nitrogens is 4. The van der Waals surface area contributed by atoms with Gasteiger partial charge in [0.25, 0.3) is 5.56 Å². The van der Waals surface area contributed by atoms with E-state index < -0.39 is 11.2 Å². The molecule has 8 nitrogen and oxygen atoms in total. The van der Waals surface area contributed by atoms with Crippen LogP contribution in [0, 0.1) is 13.8 Å². The van der Waals surface area contributed by atoms with Crippen LogP contribution in [0.3, 0.4) is 0 Å². The first-order chi connectivity index (χ1) is 11.5. The molecule has 2 aliphatic rings. The summed E-state index contributed by atoms with van der Waals surface area (Å²) in [4.78, 5) is 33.6. The maximum atomic E-state index is 12.7. The number of benzene rings is 1. The highest BCUT2D eigenvalue weighted by molar-refractivity contribution is 5.81. The molecule has 0 bridgehead atoms. The van der Waals surface area contributed by atoms with Crippen LogP contribution in [0.2, 0.25) is 0 Å². The maximum Gasteiger partial charge on any atom is 0.352 e. The summed E-state index contributed by atoms with van der Waals surface area (Å²) in [5.74, 6) is 0.324. The van der Waals surface area contributed by atoms with Crippen LogP contribution < -0.4 is 22.7 Å². The van der Waals surface area contributed by atoms with Crippen molar-refractivity contribution in [2.45, 2.75) is 26.9 Å². The van der Waals surface area contributed by atoms with E-state index in [0.29, 0.717) is 25.5 Å². The average molecular weight is 330 g/mol. The SMILES string of the molecule is Cc1cc2nc3c(=O)n(CC[NH3+])c(=O)nc-3n(CC[NH3+])c2cc1C. The van der Waals surface area contributed by atoms with E-state index in [2.05, 4.69) is 21.4 Å². The van der Waals surface area contributed by atoms with Crippen LogP contribution in [0.15, 0.2) is 21.7 Å². The first-order valence-corrected chi connectivity index (χ1v) is 7.98. The molecular weight excluding hydrogens is 308 g/mol. The van der Waals surface area contributed by atoms with Crippen LogP contribution in [-0.4, -0.2) is 32.2 Å². The normalized spacial score (nSPS) is 11.5. The lowest BCUT2D eigenvalue weighted by Gasteiger charge is -2.17. The van der Waals surface area contributed by atoms with Crippen molar-refractivity contribution in [2.75, 3.05) is 13.1 Å². The van der Waals surface area contributed by atoms with Crippen LogP contribution in [0.25, 0.3) is 22.6 Å². The summed E-state index contributed by atoms with van der Waals surface area (Å²) >= 11 is 0. The van der Waals surface area contributed by atoms with E-state index in [9.17, 15) is 9.59 Å². The first kappa shape index (κ1) is 16.3. The van der Waals surface area contributed by atoms with Crippen LogP contribution in [0.4, 0.5) is 0 Å². The fraction of sp³-hybridized carbons (Fsp3) is 0.375. The summed E-state index contributed by atoms with van der Waals surface area (Å²) in [6.07, 6.45) is 0. The van der Waals surface area contributed by atoms with Gasteiger partial charge in [0, 0.05) is 0 Å². The zero-order valence-corrected chi connectivity index (χ0v) is 14.0. The summed E-state index contributed by atoms with van der Waals surface area (Å²) in [5, 5.41) is 0. The monoisotopic (exact) mass is 330 g/mol. The molecule has 0 radical (unpaired) electrons. The van der Waals surface area contributed by atoms with Crippen LogP contribution in [-0.2, 0) is 13.1 Å². The van der Waals surface area contributed by atoms with Gasteiger partial charge in [-0.2, -0.15) is 4.98 Å². The molecule has 126 valence electrons. The van der Waals surface area contributed by atoms with E-state index in [4.69, 9.17) is 0 Å². The smallest absolute Gasteiger partial charge is 0.352 e. The van der Waals surface area contributed by atoms with Crippen LogP contribution in [0.1, 0.15) is 11.1 Å². The molecule has 1 aromatic carbocycles. The average Bonchev–Trinajstić information content (AvgIpc) is 2.54. The van der Waals surface area contributed by atoms with Gasteiger partial charge in [0.05, 0.1) is 37.2 Å². The minimum absolute atomic E-state index is 0.215. The molecule has 0 atom stereocenters. The Labute approximate surface area is 138 Å². The predicted molar refractivity (Wildman–Crippen MR) is 89.7 cm³/mol. The van der Waals surface area contributed by atoms with Gasteiger partial charge in [-0.3, -0.25) is 9.36 Å². The zero-order valence-electron chi connectivity index (χ0n) is 14.0. The molecule has 0 amide bonds. The summed E-state index contributed by atoms with van der Waals surface area (Å²) in [7, 11) is 0. The highest BCUT2D eigenvalue weighted by Gasteiger charge is 2.21. The topological polar surface area (TPSA) is 125 Å². The van der Waals surface area contributed by atoms with Gasteiger partial charge in [-0.1, -0.05) is 0 Å². The van der Waals surface area contributed by atoms with Crippen molar-refractivity contribution < 1.29 is 11.5 Å². The molecular formula is C16H22N6O2+2. The lowest BCUT2D eigenvalue weighted by molar-refractivity contribution is -0.370. The number of quaternary nitrogens is 2. The van der Waals surface area contributed by atoms with Crippen molar-refractivity contribution in [3.05, 3.63) is 44.1 Å². The van der Waals surface area contributed by atoms with Crippen LogP contribution >= 0.6 is 0 Å². The molecule has 24 heavy (non-hydrogen) atoms. The molecule has 2 aliphatic heterocycles. The fourth-order valence-electron chi connectivity index (χ4n) is 2.87. The Morgan fingerprint density at radius 1 is 0.958 bits per heavy atom. The Morgan fingerprint density at radius 2 is 1.58 bits per heavy atom. The highest BCUT2D eigenvalue weighted by atomic mass is 16.2. The van der Waals surface area contributed by atoms with Crippen molar-refractivity contribution in [3.63, 3.8) is 0 Å². The third kappa shape index (κ3) is 2.49. The number of fused-ring (bicyclic) bond motifs is 2. The van der Waals surface area contributed by atoms with Gasteiger partial charge in [-0.05, 0) is 37.1 Å². The number of rotatable bonds is 4. The van der Waals surface area contributed by atoms with Crippen molar-refractivity contribution >= 4 is 11.0 Å². The minimum Gasteiger partial charge on any atom is -0.356 e. The second-order valence-corrected chi connectivity index (χ2v) is 5.92. The molecule has 8 heteroatoms. The third-order valence-electron chi connectivity index (χ3n) is 4.23. The van der Waals surface area contributed by atoms with Crippen molar-refractivity contribution in [1.29, 1.82) is 0 Å². The van der Waals surface area contributed by atoms with E-state index in [-0.39, 0.29) is 12.2 Å². The summed E-state index contributed by atoms with van der Waals surface area (Å²) in [6.45, 7) is 5.88. The molecule has 6 N–H and O–H groups in total. The quantitative estimate of drug-likeness (QED) is 0.545. The summed E-state index contributed by atoms with van der Waals surface area (Å²) in [6, 6.07) is 3.97. The summed E-state index contributed by atoms with van der Waals surface area (Å²) < 4.78 is 2.97. The predicted octanol–water partition coefficient (Wildman–Crippen LogP) is -1.84. The Balaban J connectivity index is 2.50. The summed E-state index contributed by atoms with van der Waals surface area (Å²) in [5.41, 5.74) is 10.6. The molecule has 0 spiro atoms. The third-order valence-corrected chi connectivity index (χ3v) is 4.23. The molecule has 0 saturated carbocycles. The number of nitrogens with zero attached hydrogens (tertiary/aromatic N) is 4. The lowest BCUT2D eigenvalue weighted by Crippen LogP contribution is -2.54. The second-order valence-electron chi connectivity index (χ2n) is 5.92.